The van der Waals surface area contributed by atoms with Crippen LogP contribution in [0.3, 0.4) is 0 Å². The third-order valence-corrected chi connectivity index (χ3v) is 6.17. The standard InChI is InChI=1S/C23H24FN5O2S2/c1-14-10-27-21(12-25-14)22(33)28-7-5-16(6-8-28)19-4-3-17(9-20(19)24)29-13-18(31-23(29)30)11-26-15(2)32/h3-5,9-10,12,18H,6-8,11,13H2,1-2H3,(H,26,32)/t18-/m0/s1. The van der Waals surface area contributed by atoms with Gasteiger partial charge in [-0.05, 0) is 44.0 Å². The van der Waals surface area contributed by atoms with Gasteiger partial charge in [-0.25, -0.2) is 9.18 Å². The fourth-order valence-corrected chi connectivity index (χ4v) is 4.15. The Labute approximate surface area is 202 Å². The molecule has 33 heavy (non-hydrogen) atoms. The number of nitrogens with zero attached hydrogens (tertiary/aromatic N) is 4. The predicted octanol–water partition coefficient (Wildman–Crippen LogP) is 3.65. The smallest absolute Gasteiger partial charge is 0.414 e. The molecule has 1 amide bonds. The first-order valence-electron chi connectivity index (χ1n) is 10.6. The number of ether oxygens (including phenoxy) is 1. The van der Waals surface area contributed by atoms with Crippen LogP contribution in [-0.2, 0) is 4.74 Å². The lowest BCUT2D eigenvalue weighted by atomic mass is 9.98. The molecule has 0 bridgehead atoms. The van der Waals surface area contributed by atoms with Crippen molar-refractivity contribution in [2.24, 2.45) is 0 Å². The number of hydrogen-bond donors (Lipinski definition) is 1. The number of rotatable bonds is 5. The van der Waals surface area contributed by atoms with E-state index in [1.807, 2.05) is 17.9 Å². The number of aromatic nitrogens is 2. The Bertz CT molecular complexity index is 1120. The normalized spacial score (nSPS) is 18.1. The van der Waals surface area contributed by atoms with Crippen LogP contribution >= 0.6 is 24.4 Å². The van der Waals surface area contributed by atoms with Gasteiger partial charge in [0.05, 0.1) is 35.7 Å². The van der Waals surface area contributed by atoms with Crippen molar-refractivity contribution in [3.05, 3.63) is 59.4 Å². The highest BCUT2D eigenvalue weighted by molar-refractivity contribution is 7.80. The van der Waals surface area contributed by atoms with E-state index in [1.54, 1.807) is 31.5 Å². The van der Waals surface area contributed by atoms with E-state index >= 15 is 4.39 Å². The molecule has 1 aromatic carbocycles. The van der Waals surface area contributed by atoms with Crippen molar-refractivity contribution in [1.82, 2.24) is 20.2 Å². The molecule has 0 spiro atoms. The second-order valence-electron chi connectivity index (χ2n) is 7.99. The maximum absolute atomic E-state index is 15.0. The Hall–Kier alpha value is -2.98. The van der Waals surface area contributed by atoms with Gasteiger partial charge in [-0.15, -0.1) is 0 Å². The molecule has 0 unspecified atom stereocenters. The van der Waals surface area contributed by atoms with Crippen molar-refractivity contribution in [1.29, 1.82) is 0 Å². The van der Waals surface area contributed by atoms with Crippen LogP contribution in [-0.4, -0.2) is 63.2 Å². The molecule has 0 saturated carbocycles. The molecular weight excluding hydrogens is 461 g/mol. The van der Waals surface area contributed by atoms with Crippen LogP contribution in [0.2, 0.25) is 0 Å². The van der Waals surface area contributed by atoms with Crippen molar-refractivity contribution < 1.29 is 13.9 Å². The van der Waals surface area contributed by atoms with E-state index in [9.17, 15) is 4.79 Å². The summed E-state index contributed by atoms with van der Waals surface area (Å²) in [4.78, 5) is 25.6. The molecule has 0 aliphatic carbocycles. The molecular formula is C23H24FN5O2S2. The first-order chi connectivity index (χ1) is 15.8. The van der Waals surface area contributed by atoms with Gasteiger partial charge < -0.3 is 15.0 Å². The highest BCUT2D eigenvalue weighted by Gasteiger charge is 2.32. The molecule has 2 aliphatic rings. The largest absolute Gasteiger partial charge is 0.442 e. The van der Waals surface area contributed by atoms with E-state index in [2.05, 4.69) is 15.3 Å². The van der Waals surface area contributed by atoms with Crippen molar-refractivity contribution in [3.8, 4) is 0 Å². The van der Waals surface area contributed by atoms with Gasteiger partial charge in [0.15, 0.2) is 0 Å². The summed E-state index contributed by atoms with van der Waals surface area (Å²) in [6, 6.07) is 4.85. The molecule has 2 aliphatic heterocycles. The van der Waals surface area contributed by atoms with Crippen LogP contribution < -0.4 is 10.2 Å². The lowest BCUT2D eigenvalue weighted by Crippen LogP contribution is -2.34. The molecule has 7 nitrogen and oxygen atoms in total. The number of amides is 1. The molecule has 4 rings (SSSR count). The molecule has 0 radical (unpaired) electrons. The Morgan fingerprint density at radius 2 is 2.12 bits per heavy atom. The number of carbonyl (C=O) groups is 1. The van der Waals surface area contributed by atoms with Gasteiger partial charge in [0.25, 0.3) is 0 Å². The highest BCUT2D eigenvalue weighted by Crippen LogP contribution is 2.30. The molecule has 10 heteroatoms. The molecule has 1 fully saturated rings. The molecule has 1 aromatic heterocycles. The Morgan fingerprint density at radius 3 is 2.76 bits per heavy atom. The number of aryl methyl sites for hydroxylation is 1. The van der Waals surface area contributed by atoms with E-state index in [4.69, 9.17) is 29.2 Å². The number of halogens is 1. The van der Waals surface area contributed by atoms with Gasteiger partial charge in [-0.3, -0.25) is 14.9 Å². The van der Waals surface area contributed by atoms with Crippen molar-refractivity contribution in [2.45, 2.75) is 26.4 Å². The van der Waals surface area contributed by atoms with Gasteiger partial charge in [-0.2, -0.15) is 0 Å². The van der Waals surface area contributed by atoms with E-state index < -0.39 is 6.09 Å². The van der Waals surface area contributed by atoms with Crippen molar-refractivity contribution in [3.63, 3.8) is 0 Å². The second kappa shape index (κ2) is 9.88. The average molecular weight is 486 g/mol. The third kappa shape index (κ3) is 5.33. The van der Waals surface area contributed by atoms with E-state index in [-0.39, 0.29) is 11.9 Å². The minimum Gasteiger partial charge on any atom is -0.442 e. The van der Waals surface area contributed by atoms with Crippen molar-refractivity contribution >= 4 is 51.8 Å². The zero-order valence-corrected chi connectivity index (χ0v) is 20.0. The number of anilines is 1. The van der Waals surface area contributed by atoms with Crippen LogP contribution in [0.5, 0.6) is 0 Å². The molecule has 1 saturated heterocycles. The quantitative estimate of drug-likeness (QED) is 0.644. The summed E-state index contributed by atoms with van der Waals surface area (Å²) in [5.41, 5.74) is 3.41. The van der Waals surface area contributed by atoms with E-state index in [0.29, 0.717) is 59.5 Å². The zero-order valence-electron chi connectivity index (χ0n) is 18.4. The van der Waals surface area contributed by atoms with Crippen LogP contribution in [0.1, 0.15) is 30.3 Å². The second-order valence-corrected chi connectivity index (χ2v) is 8.99. The zero-order chi connectivity index (χ0) is 23.5. The molecule has 1 N–H and O–H groups in total. The average Bonchev–Trinajstić information content (AvgIpc) is 3.18. The van der Waals surface area contributed by atoms with E-state index in [1.165, 1.54) is 11.0 Å². The van der Waals surface area contributed by atoms with Gasteiger partial charge in [-0.1, -0.05) is 30.5 Å². The Kier molecular flexibility index (Phi) is 6.94. The third-order valence-electron chi connectivity index (χ3n) is 5.56. The number of cyclic esters (lactones) is 1. The number of benzene rings is 1. The number of thiocarbonyl (C=S) groups is 2. The first-order valence-corrected chi connectivity index (χ1v) is 11.4. The Morgan fingerprint density at radius 1 is 1.30 bits per heavy atom. The first kappa shape index (κ1) is 23.2. The predicted molar refractivity (Wildman–Crippen MR) is 133 cm³/mol. The topological polar surface area (TPSA) is 70.6 Å². The maximum Gasteiger partial charge on any atom is 0.414 e. The number of hydrogen-bond acceptors (Lipinski definition) is 6. The Balaban J connectivity index is 1.42. The minimum absolute atomic E-state index is 0.338. The molecule has 3 heterocycles. The lowest BCUT2D eigenvalue weighted by molar-refractivity contribution is 0.143. The van der Waals surface area contributed by atoms with Gasteiger partial charge in [0, 0.05) is 24.8 Å². The minimum atomic E-state index is -0.490. The fourth-order valence-electron chi connectivity index (χ4n) is 3.79. The molecule has 2 aromatic rings. The summed E-state index contributed by atoms with van der Waals surface area (Å²) < 4.78 is 20.4. The number of carbonyl (C=O) groups excluding carboxylic acids is 1. The summed E-state index contributed by atoms with van der Waals surface area (Å²) in [6.45, 7) is 5.63. The van der Waals surface area contributed by atoms with Crippen LogP contribution in [0.25, 0.3) is 5.57 Å². The van der Waals surface area contributed by atoms with Crippen LogP contribution in [0.4, 0.5) is 14.9 Å². The maximum atomic E-state index is 15.0. The highest BCUT2D eigenvalue weighted by atomic mass is 32.1. The lowest BCUT2D eigenvalue weighted by Gasteiger charge is -2.28. The summed E-state index contributed by atoms with van der Waals surface area (Å²) >= 11 is 10.5. The van der Waals surface area contributed by atoms with Crippen molar-refractivity contribution in [2.75, 3.05) is 31.1 Å². The monoisotopic (exact) mass is 485 g/mol. The summed E-state index contributed by atoms with van der Waals surface area (Å²) in [5, 5.41) is 2.99. The number of nitrogens with one attached hydrogen (secondary N) is 1. The molecule has 172 valence electrons. The van der Waals surface area contributed by atoms with E-state index in [0.717, 1.165) is 11.3 Å². The molecule has 1 atom stereocenters. The van der Waals surface area contributed by atoms with Crippen LogP contribution in [0, 0.1) is 12.7 Å². The summed E-state index contributed by atoms with van der Waals surface area (Å²) in [5.74, 6) is -0.372. The van der Waals surface area contributed by atoms with Gasteiger partial charge in [0.1, 0.15) is 22.6 Å². The fraction of sp³-hybridized carbons (Fsp3) is 0.348. The van der Waals surface area contributed by atoms with Gasteiger partial charge in [0.2, 0.25) is 0 Å². The summed E-state index contributed by atoms with van der Waals surface area (Å²) in [6.07, 6.45) is 5.16. The van der Waals surface area contributed by atoms with Crippen LogP contribution in [0.15, 0.2) is 36.7 Å². The van der Waals surface area contributed by atoms with Gasteiger partial charge >= 0.3 is 6.09 Å². The summed E-state index contributed by atoms with van der Waals surface area (Å²) in [7, 11) is 0. The SMILES string of the molecule is CC(=S)NC[C@H]1CN(c2ccc(C3=CCN(C(=S)c4cnc(C)cn4)CC3)c(F)c2)C(=O)O1.